The van der Waals surface area contributed by atoms with E-state index in [1.165, 1.54) is 12.0 Å². The van der Waals surface area contributed by atoms with Gasteiger partial charge in [0.15, 0.2) is 6.54 Å². The maximum atomic E-state index is 12.7. The van der Waals surface area contributed by atoms with Crippen LogP contribution in [0.4, 0.5) is 5.69 Å². The normalized spacial score (nSPS) is 10.7. The number of hydrogen-bond acceptors (Lipinski definition) is 1. The highest BCUT2D eigenvalue weighted by Gasteiger charge is 2.27. The summed E-state index contributed by atoms with van der Waals surface area (Å²) in [4.78, 5) is 12.7. The smallest absolute Gasteiger partial charge is 0.279 e. The molecule has 0 aliphatic rings. The molecule has 2 rings (SSSR count). The molecule has 0 saturated heterocycles. The Bertz CT molecular complexity index is 671. The number of likely N-dealkylation sites (N-methyl/N-ethyl adjacent to an activating group) is 1. The minimum atomic E-state index is 0.0898. The quantitative estimate of drug-likeness (QED) is 0.622. The molecule has 3 heteroatoms. The Kier molecular flexibility index (Phi) is 9.81. The van der Waals surface area contributed by atoms with Crippen molar-refractivity contribution in [1.29, 1.82) is 0 Å². The van der Waals surface area contributed by atoms with E-state index in [0.29, 0.717) is 6.54 Å². The standard InChI is InChI=1S/C21H28N2O.C3H8/c1-5-23(6-2,15-19-13-8-7-9-14-19)16-20(24)22-21-17(3)11-10-12-18(21)4;1-3-2/h7-14H,5-6,15-16H2,1-4H3;3H2,1-2H3/p+1. The number of quaternary nitrogens is 1. The fraction of sp³-hybridized carbons (Fsp3) is 0.458. The molecule has 0 aromatic heterocycles. The number of amides is 1. The number of nitrogens with zero attached hydrogens (tertiary/aromatic N) is 1. The monoisotopic (exact) mass is 369 g/mol. The van der Waals surface area contributed by atoms with Gasteiger partial charge in [0.05, 0.1) is 13.1 Å². The zero-order chi connectivity index (χ0) is 20.3. The SMILES string of the molecule is CCC.CC[N+](CC)(CC(=O)Nc1c(C)cccc1C)Cc1ccccc1. The second-order valence-electron chi connectivity index (χ2n) is 7.30. The van der Waals surface area contributed by atoms with Gasteiger partial charge in [0, 0.05) is 11.3 Å². The van der Waals surface area contributed by atoms with Crippen LogP contribution < -0.4 is 5.32 Å². The van der Waals surface area contributed by atoms with Crippen molar-refractivity contribution in [3.05, 3.63) is 65.2 Å². The summed E-state index contributed by atoms with van der Waals surface area (Å²) >= 11 is 0. The molecule has 0 fully saturated rings. The van der Waals surface area contributed by atoms with Gasteiger partial charge in [-0.15, -0.1) is 0 Å². The maximum Gasteiger partial charge on any atom is 0.279 e. The van der Waals surface area contributed by atoms with Crippen molar-refractivity contribution in [3.63, 3.8) is 0 Å². The summed E-state index contributed by atoms with van der Waals surface area (Å²) < 4.78 is 0.765. The molecular formula is C24H37N2O+. The Morgan fingerprint density at radius 2 is 1.37 bits per heavy atom. The summed E-state index contributed by atoms with van der Waals surface area (Å²) in [5.41, 5.74) is 4.45. The fourth-order valence-corrected chi connectivity index (χ4v) is 3.19. The highest BCUT2D eigenvalue weighted by atomic mass is 16.2. The van der Waals surface area contributed by atoms with Crippen molar-refractivity contribution in [1.82, 2.24) is 0 Å². The van der Waals surface area contributed by atoms with E-state index in [9.17, 15) is 4.79 Å². The van der Waals surface area contributed by atoms with Gasteiger partial charge in [-0.1, -0.05) is 68.8 Å². The molecule has 0 unspecified atom stereocenters. The van der Waals surface area contributed by atoms with E-state index in [1.807, 2.05) is 38.1 Å². The van der Waals surface area contributed by atoms with Crippen molar-refractivity contribution >= 4 is 11.6 Å². The first-order valence-electron chi connectivity index (χ1n) is 10.2. The Balaban J connectivity index is 0.00000114. The van der Waals surface area contributed by atoms with Gasteiger partial charge in [-0.2, -0.15) is 0 Å². The summed E-state index contributed by atoms with van der Waals surface area (Å²) in [6.45, 7) is 15.9. The van der Waals surface area contributed by atoms with Gasteiger partial charge in [-0.3, -0.25) is 4.79 Å². The summed E-state index contributed by atoms with van der Waals surface area (Å²) in [5.74, 6) is 0.0898. The van der Waals surface area contributed by atoms with Crippen LogP contribution in [0, 0.1) is 13.8 Å². The van der Waals surface area contributed by atoms with Crippen molar-refractivity contribution in [2.45, 2.75) is 54.5 Å². The van der Waals surface area contributed by atoms with Crippen molar-refractivity contribution in [3.8, 4) is 0 Å². The molecule has 148 valence electrons. The number of hydrogen-bond donors (Lipinski definition) is 1. The van der Waals surface area contributed by atoms with Gasteiger partial charge in [0.25, 0.3) is 5.91 Å². The Morgan fingerprint density at radius 1 is 0.852 bits per heavy atom. The first-order valence-corrected chi connectivity index (χ1v) is 10.2. The highest BCUT2D eigenvalue weighted by molar-refractivity contribution is 5.93. The van der Waals surface area contributed by atoms with E-state index < -0.39 is 0 Å². The molecule has 0 aliphatic heterocycles. The largest absolute Gasteiger partial charge is 0.321 e. The van der Waals surface area contributed by atoms with E-state index in [2.05, 4.69) is 57.3 Å². The molecule has 0 bridgehead atoms. The number of nitrogens with one attached hydrogen (secondary N) is 1. The zero-order valence-electron chi connectivity index (χ0n) is 18.0. The Labute approximate surface area is 166 Å². The van der Waals surface area contributed by atoms with Crippen LogP contribution in [-0.4, -0.2) is 30.0 Å². The average Bonchev–Trinajstić information content (AvgIpc) is 2.66. The van der Waals surface area contributed by atoms with Crippen LogP contribution in [0.3, 0.4) is 0 Å². The molecule has 0 radical (unpaired) electrons. The third kappa shape index (κ3) is 7.18. The molecule has 3 nitrogen and oxygen atoms in total. The van der Waals surface area contributed by atoms with Crippen LogP contribution in [0.5, 0.6) is 0 Å². The number of anilines is 1. The van der Waals surface area contributed by atoms with Gasteiger partial charge >= 0.3 is 0 Å². The van der Waals surface area contributed by atoms with Crippen molar-refractivity contribution in [2.24, 2.45) is 0 Å². The number of para-hydroxylation sites is 1. The van der Waals surface area contributed by atoms with Gasteiger partial charge in [0.1, 0.15) is 6.54 Å². The number of rotatable bonds is 7. The van der Waals surface area contributed by atoms with Crippen molar-refractivity contribution in [2.75, 3.05) is 25.0 Å². The number of aryl methyl sites for hydroxylation is 2. The van der Waals surface area contributed by atoms with E-state index in [0.717, 1.165) is 40.9 Å². The molecule has 27 heavy (non-hydrogen) atoms. The second kappa shape index (κ2) is 11.6. The van der Waals surface area contributed by atoms with Crippen LogP contribution in [0.2, 0.25) is 0 Å². The predicted molar refractivity (Wildman–Crippen MR) is 117 cm³/mol. The van der Waals surface area contributed by atoms with E-state index in [1.54, 1.807) is 0 Å². The average molecular weight is 370 g/mol. The van der Waals surface area contributed by atoms with Gasteiger partial charge < -0.3 is 9.80 Å². The minimum absolute atomic E-state index is 0.0898. The Morgan fingerprint density at radius 3 is 1.85 bits per heavy atom. The molecule has 0 saturated carbocycles. The molecule has 1 amide bonds. The first kappa shape index (κ1) is 22.9. The van der Waals surface area contributed by atoms with E-state index >= 15 is 0 Å². The lowest BCUT2D eigenvalue weighted by Gasteiger charge is -2.36. The third-order valence-corrected chi connectivity index (χ3v) is 4.93. The third-order valence-electron chi connectivity index (χ3n) is 4.93. The molecule has 1 N–H and O–H groups in total. The highest BCUT2D eigenvalue weighted by Crippen LogP contribution is 2.20. The van der Waals surface area contributed by atoms with E-state index in [4.69, 9.17) is 0 Å². The topological polar surface area (TPSA) is 29.1 Å². The van der Waals surface area contributed by atoms with Crippen LogP contribution >= 0.6 is 0 Å². The lowest BCUT2D eigenvalue weighted by Crippen LogP contribution is -2.51. The van der Waals surface area contributed by atoms with E-state index in [-0.39, 0.29) is 5.91 Å². The summed E-state index contributed by atoms with van der Waals surface area (Å²) in [7, 11) is 0. The van der Waals surface area contributed by atoms with Gasteiger partial charge in [0.2, 0.25) is 0 Å². The predicted octanol–water partition coefficient (Wildman–Crippen LogP) is 5.72. The van der Waals surface area contributed by atoms with Crippen LogP contribution in [0.25, 0.3) is 0 Å². The van der Waals surface area contributed by atoms with Crippen molar-refractivity contribution < 1.29 is 9.28 Å². The molecule has 0 spiro atoms. The summed E-state index contributed by atoms with van der Waals surface area (Å²) in [5, 5.41) is 3.13. The number of benzene rings is 2. The number of carbonyl (C=O) groups excluding carboxylic acids is 1. The lowest BCUT2D eigenvalue weighted by atomic mass is 10.1. The number of carbonyl (C=O) groups is 1. The molecule has 0 heterocycles. The fourth-order valence-electron chi connectivity index (χ4n) is 3.19. The molecule has 2 aromatic carbocycles. The summed E-state index contributed by atoms with van der Waals surface area (Å²) in [6, 6.07) is 16.5. The zero-order valence-corrected chi connectivity index (χ0v) is 18.0. The molecular weight excluding hydrogens is 332 g/mol. The van der Waals surface area contributed by atoms with Crippen LogP contribution in [0.15, 0.2) is 48.5 Å². The molecule has 0 atom stereocenters. The summed E-state index contributed by atoms with van der Waals surface area (Å²) in [6.07, 6.45) is 1.25. The van der Waals surface area contributed by atoms with Gasteiger partial charge in [-0.05, 0) is 38.8 Å². The Hall–Kier alpha value is -2.13. The minimum Gasteiger partial charge on any atom is -0.321 e. The first-order chi connectivity index (χ1) is 12.9. The second-order valence-corrected chi connectivity index (χ2v) is 7.30. The molecule has 2 aromatic rings. The van der Waals surface area contributed by atoms with Crippen LogP contribution in [0.1, 0.15) is 50.8 Å². The molecule has 0 aliphatic carbocycles. The van der Waals surface area contributed by atoms with Gasteiger partial charge in [-0.25, -0.2) is 0 Å². The maximum absolute atomic E-state index is 12.7. The lowest BCUT2D eigenvalue weighted by molar-refractivity contribution is -0.930. The van der Waals surface area contributed by atoms with Crippen LogP contribution in [-0.2, 0) is 11.3 Å².